The molecule has 1 aromatic heterocycles. The van der Waals surface area contributed by atoms with Gasteiger partial charge in [-0.2, -0.15) is 0 Å². The lowest BCUT2D eigenvalue weighted by Gasteiger charge is -2.06. The van der Waals surface area contributed by atoms with E-state index in [0.717, 1.165) is 21.3 Å². The number of halogens is 2. The summed E-state index contributed by atoms with van der Waals surface area (Å²) in [5.41, 5.74) is 10.3. The zero-order chi connectivity index (χ0) is 11.9. The van der Waals surface area contributed by atoms with Gasteiger partial charge in [-0.3, -0.25) is 0 Å². The van der Waals surface area contributed by atoms with Gasteiger partial charge in [0.25, 0.3) is 0 Å². The lowest BCUT2D eigenvalue weighted by Crippen LogP contribution is -1.90. The van der Waals surface area contributed by atoms with Crippen LogP contribution in [-0.4, -0.2) is 0 Å². The summed E-state index contributed by atoms with van der Waals surface area (Å²) < 4.78 is 2.27. The third-order valence-corrected chi connectivity index (χ3v) is 5.30. The van der Waals surface area contributed by atoms with Gasteiger partial charge < -0.3 is 5.73 Å². The predicted octanol–water partition coefficient (Wildman–Crippen LogP) is 5.14. The minimum absolute atomic E-state index is 0.834. The van der Waals surface area contributed by atoms with Crippen LogP contribution in [-0.2, 0) is 0 Å². The molecule has 1 heterocycles. The van der Waals surface area contributed by atoms with E-state index >= 15 is 0 Å². The van der Waals surface area contributed by atoms with Gasteiger partial charge >= 0.3 is 0 Å². The number of hydrogen-bond donors (Lipinski definition) is 1. The van der Waals surface area contributed by atoms with Crippen molar-refractivity contribution in [1.82, 2.24) is 0 Å². The normalized spacial score (nSPS) is 10.8. The Balaban J connectivity index is 2.60. The molecular weight excluding hydrogens is 350 g/mol. The summed E-state index contributed by atoms with van der Waals surface area (Å²) in [6.07, 6.45) is 0. The van der Waals surface area contributed by atoms with Gasteiger partial charge in [0.05, 0.1) is 3.79 Å². The van der Waals surface area contributed by atoms with Crippen LogP contribution in [0, 0.1) is 13.8 Å². The van der Waals surface area contributed by atoms with E-state index in [9.17, 15) is 0 Å². The second-order valence-electron chi connectivity index (χ2n) is 3.76. The van der Waals surface area contributed by atoms with E-state index in [0.29, 0.717) is 0 Å². The van der Waals surface area contributed by atoms with Crippen molar-refractivity contribution in [3.63, 3.8) is 0 Å². The van der Waals surface area contributed by atoms with Crippen LogP contribution in [0.15, 0.2) is 26.5 Å². The molecule has 0 aliphatic heterocycles. The molecular formula is C12H11Br2NS. The molecule has 0 spiro atoms. The van der Waals surface area contributed by atoms with Crippen LogP contribution >= 0.6 is 43.2 Å². The SMILES string of the molecule is Cc1cc(Br)c(-c2cc(C)c(Br)s2)cc1N. The number of rotatable bonds is 1. The van der Waals surface area contributed by atoms with Gasteiger partial charge in [-0.1, -0.05) is 15.9 Å². The summed E-state index contributed by atoms with van der Waals surface area (Å²) in [6.45, 7) is 4.11. The Morgan fingerprint density at radius 1 is 1.06 bits per heavy atom. The first-order chi connectivity index (χ1) is 7.49. The van der Waals surface area contributed by atoms with Crippen LogP contribution < -0.4 is 5.73 Å². The van der Waals surface area contributed by atoms with Gasteiger partial charge in [-0.05, 0) is 59.1 Å². The van der Waals surface area contributed by atoms with E-state index in [1.165, 1.54) is 14.2 Å². The summed E-state index contributed by atoms with van der Waals surface area (Å²) in [5, 5.41) is 0. The second kappa shape index (κ2) is 4.51. The molecule has 84 valence electrons. The molecule has 2 N–H and O–H groups in total. The van der Waals surface area contributed by atoms with Crippen molar-refractivity contribution in [3.05, 3.63) is 37.6 Å². The van der Waals surface area contributed by atoms with Gasteiger partial charge in [0.2, 0.25) is 0 Å². The van der Waals surface area contributed by atoms with Crippen LogP contribution in [0.1, 0.15) is 11.1 Å². The molecule has 0 radical (unpaired) electrons. The molecule has 0 saturated heterocycles. The van der Waals surface area contributed by atoms with Crippen LogP contribution in [0.25, 0.3) is 10.4 Å². The molecule has 16 heavy (non-hydrogen) atoms. The molecule has 4 heteroatoms. The van der Waals surface area contributed by atoms with Crippen LogP contribution in [0.2, 0.25) is 0 Å². The standard InChI is InChI=1S/C12H11Br2NS/c1-6-3-9(13)8(5-10(6)15)11-4-7(2)12(14)16-11/h3-5H,15H2,1-2H3. The van der Waals surface area contributed by atoms with E-state index in [-0.39, 0.29) is 0 Å². The van der Waals surface area contributed by atoms with Crippen LogP contribution in [0.5, 0.6) is 0 Å². The first kappa shape index (κ1) is 12.1. The maximum atomic E-state index is 5.94. The fourth-order valence-corrected chi connectivity index (χ4v) is 3.84. The van der Waals surface area contributed by atoms with Crippen molar-refractivity contribution in [2.45, 2.75) is 13.8 Å². The first-order valence-corrected chi connectivity index (χ1v) is 7.21. The molecule has 0 aliphatic carbocycles. The van der Waals surface area contributed by atoms with E-state index in [4.69, 9.17) is 5.73 Å². The number of nitrogen functional groups attached to an aromatic ring is 1. The molecule has 0 amide bonds. The summed E-state index contributed by atoms with van der Waals surface area (Å²) in [4.78, 5) is 1.22. The third-order valence-electron chi connectivity index (χ3n) is 2.48. The van der Waals surface area contributed by atoms with Crippen molar-refractivity contribution in [2.24, 2.45) is 0 Å². The lowest BCUT2D eigenvalue weighted by molar-refractivity contribution is 1.45. The highest BCUT2D eigenvalue weighted by Gasteiger charge is 2.10. The average Bonchev–Trinajstić information content (AvgIpc) is 2.53. The van der Waals surface area contributed by atoms with E-state index in [2.05, 4.69) is 50.9 Å². The zero-order valence-corrected chi connectivity index (χ0v) is 13.0. The van der Waals surface area contributed by atoms with Crippen molar-refractivity contribution in [1.29, 1.82) is 0 Å². The highest BCUT2D eigenvalue weighted by Crippen LogP contribution is 2.39. The number of aryl methyl sites for hydroxylation is 2. The number of hydrogen-bond acceptors (Lipinski definition) is 2. The van der Waals surface area contributed by atoms with Crippen molar-refractivity contribution in [2.75, 3.05) is 5.73 Å². The van der Waals surface area contributed by atoms with Gasteiger partial charge in [-0.25, -0.2) is 0 Å². The molecule has 2 aromatic rings. The Morgan fingerprint density at radius 2 is 1.75 bits per heavy atom. The van der Waals surface area contributed by atoms with E-state index in [1.807, 2.05) is 13.0 Å². The Kier molecular flexibility index (Phi) is 3.42. The maximum absolute atomic E-state index is 5.94. The van der Waals surface area contributed by atoms with Gasteiger partial charge in [0.15, 0.2) is 0 Å². The molecule has 0 atom stereocenters. The van der Waals surface area contributed by atoms with Crippen molar-refractivity contribution in [3.8, 4) is 10.4 Å². The molecule has 0 aliphatic rings. The third kappa shape index (κ3) is 2.19. The molecule has 1 aromatic carbocycles. The Bertz CT molecular complexity index is 527. The topological polar surface area (TPSA) is 26.0 Å². The minimum Gasteiger partial charge on any atom is -0.398 e. The minimum atomic E-state index is 0.834. The van der Waals surface area contributed by atoms with E-state index in [1.54, 1.807) is 11.3 Å². The van der Waals surface area contributed by atoms with E-state index < -0.39 is 0 Å². The number of thiophene rings is 1. The van der Waals surface area contributed by atoms with Gasteiger partial charge in [0.1, 0.15) is 0 Å². The number of benzene rings is 1. The lowest BCUT2D eigenvalue weighted by atomic mass is 10.1. The summed E-state index contributed by atoms with van der Waals surface area (Å²) in [5.74, 6) is 0. The number of anilines is 1. The Hall–Kier alpha value is -0.320. The van der Waals surface area contributed by atoms with Gasteiger partial charge in [0, 0.05) is 20.6 Å². The Morgan fingerprint density at radius 3 is 2.31 bits per heavy atom. The smallest absolute Gasteiger partial charge is 0.0734 e. The zero-order valence-electron chi connectivity index (χ0n) is 8.97. The van der Waals surface area contributed by atoms with Crippen LogP contribution in [0.3, 0.4) is 0 Å². The molecule has 2 rings (SSSR count). The predicted molar refractivity (Wildman–Crippen MR) is 79.0 cm³/mol. The second-order valence-corrected chi connectivity index (χ2v) is 6.98. The monoisotopic (exact) mass is 359 g/mol. The largest absolute Gasteiger partial charge is 0.398 e. The molecule has 0 saturated carbocycles. The average molecular weight is 361 g/mol. The number of nitrogens with two attached hydrogens (primary N) is 1. The van der Waals surface area contributed by atoms with Gasteiger partial charge in [-0.15, -0.1) is 11.3 Å². The highest BCUT2D eigenvalue weighted by molar-refractivity contribution is 9.11. The fraction of sp³-hybridized carbons (Fsp3) is 0.167. The summed E-state index contributed by atoms with van der Waals surface area (Å²) >= 11 is 8.86. The van der Waals surface area contributed by atoms with Crippen molar-refractivity contribution >= 4 is 48.9 Å². The molecule has 0 unspecified atom stereocenters. The highest BCUT2D eigenvalue weighted by atomic mass is 79.9. The van der Waals surface area contributed by atoms with Crippen molar-refractivity contribution < 1.29 is 0 Å². The molecule has 0 bridgehead atoms. The first-order valence-electron chi connectivity index (χ1n) is 4.81. The summed E-state index contributed by atoms with van der Waals surface area (Å²) in [6, 6.07) is 6.26. The van der Waals surface area contributed by atoms with Crippen LogP contribution in [0.4, 0.5) is 5.69 Å². The maximum Gasteiger partial charge on any atom is 0.0734 e. The molecule has 1 nitrogen and oxygen atoms in total. The Labute approximate surface area is 116 Å². The quantitative estimate of drug-likeness (QED) is 0.700. The summed E-state index contributed by atoms with van der Waals surface area (Å²) in [7, 11) is 0. The fourth-order valence-electron chi connectivity index (χ4n) is 1.47. The molecule has 0 fully saturated rings.